The van der Waals surface area contributed by atoms with E-state index in [9.17, 15) is 33.8 Å². The third-order valence-electron chi connectivity index (χ3n) is 18.3. The zero-order valence-electron chi connectivity index (χ0n) is 54.4. The van der Waals surface area contributed by atoms with Crippen LogP contribution >= 0.6 is 56.9 Å². The quantitative estimate of drug-likeness (QED) is 0.0662. The first-order chi connectivity index (χ1) is 49.4. The second kappa shape index (κ2) is 31.1. The van der Waals surface area contributed by atoms with E-state index >= 15 is 8.78 Å². The summed E-state index contributed by atoms with van der Waals surface area (Å²) in [7, 11) is 0. The molecule has 16 rings (SSSR count). The topological polar surface area (TPSA) is 314 Å². The fourth-order valence-electron chi connectivity index (χ4n) is 12.4. The molecular weight excluding hydrogens is 1410 g/mol. The number of aromatic nitrogens is 14. The Labute approximate surface area is 602 Å². The summed E-state index contributed by atoms with van der Waals surface area (Å²) in [5, 5.41) is 56.0. The molecule has 12 aromatic rings. The first-order valence-electron chi connectivity index (χ1n) is 32.5. The fourth-order valence-corrected chi connectivity index (χ4v) is 16.1. The van der Waals surface area contributed by atoms with Crippen molar-refractivity contribution in [1.29, 1.82) is 0 Å². The molecule has 0 aliphatic carbocycles. The molecule has 0 aromatic carbocycles. The third kappa shape index (κ3) is 15.9. The third-order valence-corrected chi connectivity index (χ3v) is 22.5. The highest BCUT2D eigenvalue weighted by Crippen LogP contribution is 2.42. The Morgan fingerprint density at radius 1 is 0.412 bits per heavy atom. The largest absolute Gasteiger partial charge is 0.383 e. The van der Waals surface area contributed by atoms with Gasteiger partial charge in [0.15, 0.2) is 23.0 Å². The van der Waals surface area contributed by atoms with Crippen molar-refractivity contribution >= 4 is 80.6 Å². The predicted molar refractivity (Wildman–Crippen MR) is 379 cm³/mol. The number of nitrogens with one attached hydrogen (secondary N) is 4. The van der Waals surface area contributed by atoms with Crippen molar-refractivity contribution in [2.45, 2.75) is 73.9 Å². The van der Waals surface area contributed by atoms with Crippen molar-refractivity contribution in [3.8, 4) is 41.8 Å². The number of alkyl halides is 2. The Morgan fingerprint density at radius 2 is 0.725 bits per heavy atom. The molecule has 0 spiro atoms. The molecule has 24 nitrogen and oxygen atoms in total. The van der Waals surface area contributed by atoms with E-state index in [0.29, 0.717) is 98.3 Å². The Balaban J connectivity index is 0.000000121. The molecule has 0 unspecified atom stereocenters. The maximum absolute atomic E-state index is 15.3. The summed E-state index contributed by atoms with van der Waals surface area (Å²) in [5.74, 6) is -0.120. The highest BCUT2D eigenvalue weighted by atomic mass is 35.5. The number of carbonyl (C=O) groups is 4. The van der Waals surface area contributed by atoms with Gasteiger partial charge in [-0.1, -0.05) is 11.6 Å². The van der Waals surface area contributed by atoms with Gasteiger partial charge >= 0.3 is 0 Å². The first-order valence-corrected chi connectivity index (χ1v) is 36.4. The molecule has 4 aliphatic rings. The summed E-state index contributed by atoms with van der Waals surface area (Å²) in [6.45, 7) is 3.02. The summed E-state index contributed by atoms with van der Waals surface area (Å²) in [6, 6.07) is 16.9. The van der Waals surface area contributed by atoms with Crippen molar-refractivity contribution in [2.24, 2.45) is 0 Å². The second-order valence-electron chi connectivity index (χ2n) is 24.7. The highest BCUT2D eigenvalue weighted by molar-refractivity contribution is 7.14. The van der Waals surface area contributed by atoms with Crippen LogP contribution in [-0.2, 0) is 22.5 Å². The zero-order chi connectivity index (χ0) is 70.9. The summed E-state index contributed by atoms with van der Waals surface area (Å²) >= 11 is 12.1. The number of aliphatic hydroxyl groups is 2. The number of halogens is 4. The summed E-state index contributed by atoms with van der Waals surface area (Å²) < 4.78 is 44.3. The number of likely N-dealkylation sites (tertiary alicyclic amines) is 4. The van der Waals surface area contributed by atoms with E-state index in [0.717, 1.165) is 41.8 Å². The van der Waals surface area contributed by atoms with Crippen LogP contribution in [0.5, 0.6) is 0 Å². The molecule has 0 saturated carbocycles. The van der Waals surface area contributed by atoms with Crippen LogP contribution in [0.3, 0.4) is 0 Å². The second-order valence-corrected chi connectivity index (χ2v) is 28.8. The number of carbonyl (C=O) groups excluding carboxylic acids is 4. The van der Waals surface area contributed by atoms with Crippen molar-refractivity contribution in [3.63, 3.8) is 0 Å². The van der Waals surface area contributed by atoms with Gasteiger partial charge in [0.1, 0.15) is 22.7 Å². The number of pyridine rings is 2. The van der Waals surface area contributed by atoms with Gasteiger partial charge in [0.25, 0.3) is 23.6 Å². The molecule has 4 fully saturated rings. The number of nitrogens with zero attached hydrogens (tertiary/aromatic N) is 14. The standard InChI is InChI=1S/C18H16ClFN4OS.C18H17FN4O2S.C17H16FN5OS.C17H17N5O2S/c19-14-2-1-5-21-16(14)18(20)3-6-24(7-4-18)17(25)12-8-15(26-11-12)13-9-22-23-10-13;19-14-2-1-5-20-16(14)18(25)3-6-23(7-4-18)17(24)12-8-15(26-11-12)13-9-21-22-10-13;18-17(16-19-4-1-5-20-16)2-6-23(7-3-17)15(24)12-8-14(25-11-12)13-9-21-22-10-13;23-15(12-8-14(25-11-12)13-9-20-21-10-13)22-6-2-17(24,3-7-22)16-18-4-1-5-19-16/h1-2,5,8-11H,3-4,6-7H2,(H,22,23);1-2,5,8-11,25H,3-4,6-7H2,(H,21,22);1,4-5,8-11H,2-3,6-7H2,(H,21,22);1,4-5,8-11,24H,2-3,6-7H2,(H,20,21). The van der Waals surface area contributed by atoms with Crippen molar-refractivity contribution in [1.82, 2.24) is 90.3 Å². The van der Waals surface area contributed by atoms with Gasteiger partial charge in [-0.2, -0.15) is 20.4 Å². The van der Waals surface area contributed by atoms with E-state index in [4.69, 9.17) is 11.6 Å². The van der Waals surface area contributed by atoms with Crippen LogP contribution in [0, 0.1) is 5.82 Å². The lowest BCUT2D eigenvalue weighted by molar-refractivity contribution is -0.0282. The molecule has 16 heterocycles. The van der Waals surface area contributed by atoms with E-state index in [1.807, 2.05) is 45.8 Å². The van der Waals surface area contributed by atoms with Crippen LogP contribution in [0.25, 0.3) is 41.8 Å². The molecule has 6 N–H and O–H groups in total. The SMILES string of the molecule is O=C(c1csc(-c2cn[nH]c2)c1)N1CCC(F)(c2ncccc2Cl)CC1.O=C(c1csc(-c2cn[nH]c2)c1)N1CCC(F)(c2ncccn2)CC1.O=C(c1csc(-c2cn[nH]c2)c1)N1CCC(O)(c2ncccc2F)CC1.O=C(c1csc(-c2cn[nH]c2)c1)N1CCC(O)(c2ncccn2)CC1. The monoisotopic (exact) mass is 1470 g/mol. The normalized spacial score (nSPS) is 16.7. The van der Waals surface area contributed by atoms with E-state index in [2.05, 4.69) is 70.7 Å². The van der Waals surface area contributed by atoms with Crippen LogP contribution in [-0.4, -0.2) is 176 Å². The lowest BCUT2D eigenvalue weighted by Crippen LogP contribution is -2.45. The minimum atomic E-state index is -1.59. The number of hydrogen-bond donors (Lipinski definition) is 6. The molecule has 4 aliphatic heterocycles. The molecule has 524 valence electrons. The number of amides is 4. The zero-order valence-corrected chi connectivity index (χ0v) is 58.4. The van der Waals surface area contributed by atoms with E-state index in [1.54, 1.807) is 124 Å². The van der Waals surface area contributed by atoms with E-state index in [-0.39, 0.29) is 79.4 Å². The smallest absolute Gasteiger partial charge is 0.254 e. The number of piperidine rings is 4. The number of hydrogen-bond acceptors (Lipinski definition) is 20. The van der Waals surface area contributed by atoms with Gasteiger partial charge < -0.3 is 29.8 Å². The Hall–Kier alpha value is -10.0. The first kappa shape index (κ1) is 70.4. The Bertz CT molecular complexity index is 4440. The Kier molecular flexibility index (Phi) is 21.4. The van der Waals surface area contributed by atoms with Crippen molar-refractivity contribution in [3.05, 3.63) is 225 Å². The van der Waals surface area contributed by atoms with Gasteiger partial charge in [0.2, 0.25) is 0 Å². The van der Waals surface area contributed by atoms with Gasteiger partial charge in [0.05, 0.1) is 57.8 Å². The maximum Gasteiger partial charge on any atom is 0.254 e. The lowest BCUT2D eigenvalue weighted by atomic mass is 9.87. The number of aromatic amines is 4. The van der Waals surface area contributed by atoms with Gasteiger partial charge in [-0.3, -0.25) is 49.5 Å². The minimum Gasteiger partial charge on any atom is -0.383 e. The van der Waals surface area contributed by atoms with Crippen LogP contribution in [0.1, 0.15) is 116 Å². The van der Waals surface area contributed by atoms with Gasteiger partial charge in [-0.15, -0.1) is 45.3 Å². The number of thiophene rings is 4. The molecular formula is C70H66ClF3N18O6S4. The van der Waals surface area contributed by atoms with Crippen LogP contribution in [0.15, 0.2) is 169 Å². The van der Waals surface area contributed by atoms with Crippen LogP contribution in [0.2, 0.25) is 5.02 Å². The highest BCUT2D eigenvalue weighted by Gasteiger charge is 2.43. The van der Waals surface area contributed by atoms with Crippen molar-refractivity contribution in [2.75, 3.05) is 52.4 Å². The predicted octanol–water partition coefficient (Wildman–Crippen LogP) is 12.2. The van der Waals surface area contributed by atoms with Gasteiger partial charge in [-0.25, -0.2) is 33.1 Å². The van der Waals surface area contributed by atoms with E-state index in [1.165, 1.54) is 63.7 Å². The molecule has 4 saturated heterocycles. The summed E-state index contributed by atoms with van der Waals surface area (Å²) in [4.78, 5) is 86.2. The van der Waals surface area contributed by atoms with E-state index < -0.39 is 28.4 Å². The molecule has 32 heteroatoms. The molecule has 4 amide bonds. The van der Waals surface area contributed by atoms with Crippen LogP contribution in [0.4, 0.5) is 13.2 Å². The van der Waals surface area contributed by atoms with Crippen molar-refractivity contribution < 1.29 is 42.6 Å². The molecule has 0 radical (unpaired) electrons. The minimum absolute atomic E-state index is 0.0120. The van der Waals surface area contributed by atoms with Gasteiger partial charge in [0, 0.05) is 216 Å². The molecule has 0 bridgehead atoms. The van der Waals surface area contributed by atoms with Crippen LogP contribution < -0.4 is 0 Å². The van der Waals surface area contributed by atoms with Gasteiger partial charge in [-0.05, 0) is 73.5 Å². The number of rotatable bonds is 12. The summed E-state index contributed by atoms with van der Waals surface area (Å²) in [5.41, 5.74) is 1.11. The lowest BCUT2D eigenvalue weighted by Gasteiger charge is -2.37. The summed E-state index contributed by atoms with van der Waals surface area (Å²) in [6.07, 6.45) is 25.6. The number of H-pyrrole nitrogens is 4. The Morgan fingerprint density at radius 3 is 1.07 bits per heavy atom. The molecule has 0 atom stereocenters. The fraction of sp³-hybridized carbons (Fsp3) is 0.286. The molecule has 12 aromatic heterocycles. The average Bonchev–Trinajstić information content (AvgIpc) is 1.81. The average molecular weight is 1480 g/mol. The molecule has 102 heavy (non-hydrogen) atoms. The maximum atomic E-state index is 15.3.